The van der Waals surface area contributed by atoms with Gasteiger partial charge in [-0.25, -0.2) is 4.98 Å². The van der Waals surface area contributed by atoms with Crippen LogP contribution in [0.2, 0.25) is 0 Å². The van der Waals surface area contributed by atoms with Gasteiger partial charge in [0.05, 0.1) is 42.5 Å². The van der Waals surface area contributed by atoms with Gasteiger partial charge < -0.3 is 25.0 Å². The van der Waals surface area contributed by atoms with Crippen LogP contribution in [0.15, 0.2) is 24.5 Å². The molecule has 1 aromatic heterocycles. The largest absolute Gasteiger partial charge is 0.483 e. The van der Waals surface area contributed by atoms with E-state index in [9.17, 15) is 9.59 Å². The van der Waals surface area contributed by atoms with Gasteiger partial charge in [0.2, 0.25) is 5.91 Å². The topological polar surface area (TPSA) is 125 Å². The number of nitrogens with zero attached hydrogens (tertiary/aromatic N) is 2. The van der Waals surface area contributed by atoms with Crippen LogP contribution in [0.5, 0.6) is 0 Å². The number of benzene rings is 1. The Morgan fingerprint density at radius 1 is 1.36 bits per heavy atom. The van der Waals surface area contributed by atoms with Crippen LogP contribution in [0.1, 0.15) is 10.4 Å². The van der Waals surface area contributed by atoms with Crippen LogP contribution in [-0.4, -0.2) is 70.6 Å². The first-order chi connectivity index (χ1) is 12.1. The summed E-state index contributed by atoms with van der Waals surface area (Å²) in [6.07, 6.45) is 1.61. The highest BCUT2D eigenvalue weighted by Gasteiger charge is 2.35. The molecule has 0 saturated carbocycles. The van der Waals surface area contributed by atoms with E-state index in [-0.39, 0.29) is 30.2 Å². The van der Waals surface area contributed by atoms with Crippen molar-refractivity contribution in [3.05, 3.63) is 30.1 Å². The summed E-state index contributed by atoms with van der Waals surface area (Å²) < 4.78 is 5.48. The van der Waals surface area contributed by atoms with E-state index in [1.807, 2.05) is 6.07 Å². The predicted octanol–water partition coefficient (Wildman–Crippen LogP) is -0.149. The fourth-order valence-corrected chi connectivity index (χ4v) is 3.05. The minimum Gasteiger partial charge on any atom is -0.483 e. The van der Waals surface area contributed by atoms with E-state index in [4.69, 9.17) is 14.6 Å². The normalized spacial score (nSPS) is 22.4. The Morgan fingerprint density at radius 2 is 2.16 bits per heavy atom. The smallest absolute Gasteiger partial charge is 0.290 e. The number of nitrogens with one attached hydrogen (secondary N) is 2. The van der Waals surface area contributed by atoms with Gasteiger partial charge in [-0.05, 0) is 18.2 Å². The molecular formula is C16H18N4O5. The Labute approximate surface area is 143 Å². The minimum atomic E-state index is -0.299. The maximum absolute atomic E-state index is 12.8. The average molecular weight is 346 g/mol. The van der Waals surface area contributed by atoms with Gasteiger partial charge in [0.15, 0.2) is 0 Å². The van der Waals surface area contributed by atoms with Crippen LogP contribution in [0.3, 0.4) is 0 Å². The minimum absolute atomic E-state index is 0.0261. The monoisotopic (exact) mass is 346 g/mol. The predicted molar refractivity (Wildman–Crippen MR) is 86.9 cm³/mol. The summed E-state index contributed by atoms with van der Waals surface area (Å²) in [5, 5.41) is 9.82. The van der Waals surface area contributed by atoms with Crippen molar-refractivity contribution < 1.29 is 24.2 Å². The lowest BCUT2D eigenvalue weighted by Crippen LogP contribution is -2.44. The molecule has 2 atom stereocenters. The van der Waals surface area contributed by atoms with Crippen molar-refractivity contribution in [2.45, 2.75) is 6.04 Å². The molecule has 25 heavy (non-hydrogen) atoms. The SMILES string of the molecule is O=C1N[C@@H]2COC[C@H]1CN(C(=O)c1ccc3nc[nH]c3c1)C2.O=CO. The summed E-state index contributed by atoms with van der Waals surface area (Å²) in [6, 6.07) is 5.26. The molecule has 9 heteroatoms. The summed E-state index contributed by atoms with van der Waals surface area (Å²) in [5.74, 6) is -0.390. The Bertz CT molecular complexity index is 790. The van der Waals surface area contributed by atoms with E-state index in [0.29, 0.717) is 31.9 Å². The van der Waals surface area contributed by atoms with Crippen LogP contribution in [0.4, 0.5) is 0 Å². The van der Waals surface area contributed by atoms with Gasteiger partial charge in [0, 0.05) is 18.7 Å². The van der Waals surface area contributed by atoms with Crippen molar-refractivity contribution in [2.75, 3.05) is 26.3 Å². The van der Waals surface area contributed by atoms with Crippen LogP contribution in [-0.2, 0) is 14.3 Å². The zero-order chi connectivity index (χ0) is 17.8. The molecule has 1 aromatic carbocycles. The molecule has 2 aromatic rings. The highest BCUT2D eigenvalue weighted by Crippen LogP contribution is 2.18. The summed E-state index contributed by atoms with van der Waals surface area (Å²) in [6.45, 7) is 1.43. The number of fused-ring (bicyclic) bond motifs is 4. The number of carbonyl (C=O) groups excluding carboxylic acids is 2. The maximum Gasteiger partial charge on any atom is 0.290 e. The lowest BCUT2D eigenvalue weighted by Gasteiger charge is -2.27. The molecule has 132 valence electrons. The molecule has 2 bridgehead atoms. The average Bonchev–Trinajstić information content (AvgIpc) is 2.90. The van der Waals surface area contributed by atoms with E-state index in [2.05, 4.69) is 15.3 Å². The van der Waals surface area contributed by atoms with Crippen molar-refractivity contribution in [3.8, 4) is 0 Å². The molecule has 0 radical (unpaired) electrons. The molecule has 9 nitrogen and oxygen atoms in total. The zero-order valence-electron chi connectivity index (χ0n) is 13.3. The van der Waals surface area contributed by atoms with Crippen molar-refractivity contribution in [2.24, 2.45) is 5.92 Å². The molecule has 3 N–H and O–H groups in total. The van der Waals surface area contributed by atoms with Crippen LogP contribution >= 0.6 is 0 Å². The Balaban J connectivity index is 0.000000569. The highest BCUT2D eigenvalue weighted by atomic mass is 16.5. The number of carbonyl (C=O) groups is 3. The second-order valence-corrected chi connectivity index (χ2v) is 5.89. The van der Waals surface area contributed by atoms with Gasteiger partial charge in [0.1, 0.15) is 0 Å². The number of amides is 2. The Morgan fingerprint density at radius 3 is 2.96 bits per heavy atom. The lowest BCUT2D eigenvalue weighted by atomic mass is 10.1. The molecular weight excluding hydrogens is 328 g/mol. The van der Waals surface area contributed by atoms with Crippen LogP contribution in [0, 0.1) is 5.92 Å². The molecule has 2 fully saturated rings. The zero-order valence-corrected chi connectivity index (χ0v) is 13.3. The third-order valence-electron chi connectivity index (χ3n) is 4.19. The first-order valence-electron chi connectivity index (χ1n) is 7.80. The molecule has 2 saturated heterocycles. The molecule has 0 spiro atoms. The molecule has 2 amide bonds. The van der Waals surface area contributed by atoms with E-state index in [0.717, 1.165) is 11.0 Å². The number of aromatic nitrogens is 2. The number of hydrogen-bond donors (Lipinski definition) is 3. The van der Waals surface area contributed by atoms with E-state index >= 15 is 0 Å². The van der Waals surface area contributed by atoms with Gasteiger partial charge in [-0.2, -0.15) is 0 Å². The summed E-state index contributed by atoms with van der Waals surface area (Å²) in [4.78, 5) is 42.0. The summed E-state index contributed by atoms with van der Waals surface area (Å²) in [7, 11) is 0. The third kappa shape index (κ3) is 3.61. The fraction of sp³-hybridized carbons (Fsp3) is 0.375. The highest BCUT2D eigenvalue weighted by molar-refractivity contribution is 5.97. The first-order valence-corrected chi connectivity index (χ1v) is 7.80. The standard InChI is InChI=1S/C15H16N4O3.CH2O2/c20-14-10-4-19(5-11(18-14)7-22-6-10)15(21)9-1-2-12-13(3-9)17-8-16-12;2-1-3/h1-3,8,10-11H,4-7H2,(H,16,17)(H,18,20);1H,(H,2,3)/t10-,11+;/m1./s1. The molecule has 3 heterocycles. The molecule has 0 unspecified atom stereocenters. The Hall–Kier alpha value is -2.94. The summed E-state index contributed by atoms with van der Waals surface area (Å²) >= 11 is 0. The molecule has 0 aliphatic carbocycles. The quantitative estimate of drug-likeness (QED) is 0.617. The number of imidazole rings is 1. The number of aromatic amines is 1. The molecule has 2 aliphatic rings. The van der Waals surface area contributed by atoms with Gasteiger partial charge in [-0.15, -0.1) is 0 Å². The van der Waals surface area contributed by atoms with Crippen molar-refractivity contribution in [3.63, 3.8) is 0 Å². The second kappa shape index (κ2) is 7.31. The van der Waals surface area contributed by atoms with E-state index in [1.54, 1.807) is 23.4 Å². The second-order valence-electron chi connectivity index (χ2n) is 5.89. The number of ether oxygens (including phenoxy) is 1. The first kappa shape index (κ1) is 16.9. The van der Waals surface area contributed by atoms with Crippen molar-refractivity contribution in [1.82, 2.24) is 20.2 Å². The van der Waals surface area contributed by atoms with E-state index in [1.165, 1.54) is 0 Å². The lowest BCUT2D eigenvalue weighted by molar-refractivity contribution is -0.125. The molecule has 4 rings (SSSR count). The third-order valence-corrected chi connectivity index (χ3v) is 4.19. The number of rotatable bonds is 1. The fourth-order valence-electron chi connectivity index (χ4n) is 3.05. The summed E-state index contributed by atoms with van der Waals surface area (Å²) in [5.41, 5.74) is 2.26. The number of hydrogen-bond acceptors (Lipinski definition) is 5. The number of H-pyrrole nitrogens is 1. The van der Waals surface area contributed by atoms with Gasteiger partial charge in [-0.3, -0.25) is 14.4 Å². The van der Waals surface area contributed by atoms with Gasteiger partial charge >= 0.3 is 0 Å². The maximum atomic E-state index is 12.8. The van der Waals surface area contributed by atoms with Crippen LogP contribution < -0.4 is 5.32 Å². The van der Waals surface area contributed by atoms with E-state index < -0.39 is 0 Å². The van der Waals surface area contributed by atoms with Crippen molar-refractivity contribution in [1.29, 1.82) is 0 Å². The molecule has 2 aliphatic heterocycles. The number of carboxylic acid groups (broad SMARTS) is 1. The van der Waals surface area contributed by atoms with Gasteiger partial charge in [-0.1, -0.05) is 0 Å². The Kier molecular flexibility index (Phi) is 4.94. The van der Waals surface area contributed by atoms with Gasteiger partial charge in [0.25, 0.3) is 12.4 Å². The van der Waals surface area contributed by atoms with Crippen LogP contribution in [0.25, 0.3) is 11.0 Å². The van der Waals surface area contributed by atoms with Crippen molar-refractivity contribution >= 4 is 29.3 Å².